The molecule has 0 saturated heterocycles. The van der Waals surface area contributed by atoms with Gasteiger partial charge in [-0.25, -0.2) is 9.97 Å². The molecule has 2 rings (SSSR count). The Kier molecular flexibility index (Phi) is 4.32. The van der Waals surface area contributed by atoms with Crippen molar-refractivity contribution in [2.45, 2.75) is 31.4 Å². The molecule has 1 aromatic carbocycles. The molecule has 0 N–H and O–H groups in total. The highest BCUT2D eigenvalue weighted by Crippen LogP contribution is 2.24. The third-order valence-electron chi connectivity index (χ3n) is 2.86. The number of carbonyl (C=O) groups is 1. The van der Waals surface area contributed by atoms with Gasteiger partial charge in [0.1, 0.15) is 5.82 Å². The molecule has 0 aliphatic heterocycles. The van der Waals surface area contributed by atoms with Crippen LogP contribution in [0.5, 0.6) is 0 Å². The van der Waals surface area contributed by atoms with Crippen molar-refractivity contribution in [2.75, 3.05) is 0 Å². The molecule has 0 saturated carbocycles. The molecule has 0 aliphatic carbocycles. The Bertz CT molecular complexity index is 611. The second-order valence-electron chi connectivity index (χ2n) is 4.40. The number of rotatable bonds is 4. The molecular formula is C15H16N2OS. The first kappa shape index (κ1) is 13.7. The van der Waals surface area contributed by atoms with Gasteiger partial charge in [-0.1, -0.05) is 18.2 Å². The maximum Gasteiger partial charge on any atom is 0.163 e. The van der Waals surface area contributed by atoms with Crippen molar-refractivity contribution in [3.8, 4) is 0 Å². The minimum atomic E-state index is 0.00982. The van der Waals surface area contributed by atoms with E-state index < -0.39 is 0 Å². The van der Waals surface area contributed by atoms with Crippen LogP contribution in [-0.2, 0) is 5.75 Å². The number of nitrogens with zero attached hydrogens (tertiary/aromatic N) is 2. The number of ketones is 1. The highest BCUT2D eigenvalue weighted by molar-refractivity contribution is 7.98. The summed E-state index contributed by atoms with van der Waals surface area (Å²) in [5, 5.41) is 0. The van der Waals surface area contributed by atoms with E-state index in [1.165, 1.54) is 17.4 Å². The van der Waals surface area contributed by atoms with E-state index in [2.05, 4.69) is 29.0 Å². The summed E-state index contributed by atoms with van der Waals surface area (Å²) in [5.74, 6) is 1.48. The Morgan fingerprint density at radius 1 is 1.26 bits per heavy atom. The lowest BCUT2D eigenvalue weighted by molar-refractivity contribution is 0.101. The van der Waals surface area contributed by atoms with Gasteiger partial charge < -0.3 is 0 Å². The molecule has 0 amide bonds. The average molecular weight is 272 g/mol. The highest BCUT2D eigenvalue weighted by Gasteiger charge is 2.08. The van der Waals surface area contributed by atoms with Gasteiger partial charge in [-0.2, -0.15) is 0 Å². The van der Waals surface area contributed by atoms with Crippen LogP contribution in [0.3, 0.4) is 0 Å². The number of aromatic nitrogens is 2. The number of hydrogen-bond donors (Lipinski definition) is 0. The Labute approximate surface area is 117 Å². The fraction of sp³-hybridized carbons (Fsp3) is 0.267. The zero-order valence-corrected chi connectivity index (χ0v) is 12.1. The summed E-state index contributed by atoms with van der Waals surface area (Å²) in [4.78, 5) is 21.2. The lowest BCUT2D eigenvalue weighted by Gasteiger charge is -2.06. The molecule has 1 heterocycles. The first-order valence-corrected chi connectivity index (χ1v) is 7.08. The quantitative estimate of drug-likeness (QED) is 0.630. The first-order chi connectivity index (χ1) is 9.08. The van der Waals surface area contributed by atoms with Crippen LogP contribution in [0.2, 0.25) is 0 Å². The lowest BCUT2D eigenvalue weighted by atomic mass is 10.2. The van der Waals surface area contributed by atoms with Gasteiger partial charge in [-0.3, -0.25) is 4.79 Å². The molecule has 98 valence electrons. The number of thioether (sulfide) groups is 1. The molecular weight excluding hydrogens is 256 g/mol. The second kappa shape index (κ2) is 5.97. The summed E-state index contributed by atoms with van der Waals surface area (Å²) in [5.41, 5.74) is 2.61. The van der Waals surface area contributed by atoms with Crippen molar-refractivity contribution in [2.24, 2.45) is 0 Å². The third kappa shape index (κ3) is 3.41. The van der Waals surface area contributed by atoms with E-state index in [1.807, 2.05) is 19.1 Å². The average Bonchev–Trinajstić information content (AvgIpc) is 2.37. The number of hydrogen-bond acceptors (Lipinski definition) is 4. The Balaban J connectivity index is 2.11. The maximum atomic E-state index is 11.3. The van der Waals surface area contributed by atoms with Crippen molar-refractivity contribution in [3.05, 3.63) is 53.1 Å². The smallest absolute Gasteiger partial charge is 0.163 e. The zero-order chi connectivity index (χ0) is 13.8. The largest absolute Gasteiger partial charge is 0.294 e. The molecule has 1 aromatic heterocycles. The highest BCUT2D eigenvalue weighted by atomic mass is 32.2. The van der Waals surface area contributed by atoms with Crippen molar-refractivity contribution < 1.29 is 4.79 Å². The SMILES string of the molecule is CC(=O)c1cnc(CSc2ccccc2C)nc1C. The molecule has 0 spiro atoms. The van der Waals surface area contributed by atoms with Gasteiger partial charge in [0.2, 0.25) is 0 Å². The Hall–Kier alpha value is -1.68. The molecule has 19 heavy (non-hydrogen) atoms. The van der Waals surface area contributed by atoms with Gasteiger partial charge in [0, 0.05) is 11.1 Å². The second-order valence-corrected chi connectivity index (χ2v) is 5.41. The van der Waals surface area contributed by atoms with E-state index in [0.717, 1.165) is 11.5 Å². The van der Waals surface area contributed by atoms with Crippen molar-refractivity contribution in [1.29, 1.82) is 0 Å². The summed E-state index contributed by atoms with van der Waals surface area (Å²) >= 11 is 1.71. The normalized spacial score (nSPS) is 10.5. The van der Waals surface area contributed by atoms with Crippen LogP contribution in [0.4, 0.5) is 0 Å². The van der Waals surface area contributed by atoms with E-state index in [-0.39, 0.29) is 5.78 Å². The summed E-state index contributed by atoms with van der Waals surface area (Å²) in [6.45, 7) is 5.47. The summed E-state index contributed by atoms with van der Waals surface area (Å²) < 4.78 is 0. The van der Waals surface area contributed by atoms with Crippen LogP contribution >= 0.6 is 11.8 Å². The predicted molar refractivity (Wildman–Crippen MR) is 77.5 cm³/mol. The van der Waals surface area contributed by atoms with Crippen LogP contribution in [0.15, 0.2) is 35.4 Å². The van der Waals surface area contributed by atoms with Crippen LogP contribution in [0.1, 0.15) is 34.4 Å². The van der Waals surface area contributed by atoms with Crippen LogP contribution < -0.4 is 0 Å². The van der Waals surface area contributed by atoms with E-state index in [4.69, 9.17) is 0 Å². The molecule has 0 radical (unpaired) electrons. The summed E-state index contributed by atoms with van der Waals surface area (Å²) in [6, 6.07) is 8.24. The molecule has 0 fully saturated rings. The van der Waals surface area contributed by atoms with E-state index in [9.17, 15) is 4.79 Å². The Morgan fingerprint density at radius 3 is 2.63 bits per heavy atom. The maximum absolute atomic E-state index is 11.3. The molecule has 0 bridgehead atoms. The Morgan fingerprint density at radius 2 is 2.00 bits per heavy atom. The number of Topliss-reactive ketones (excluding diaryl/α,β-unsaturated/α-hetero) is 1. The summed E-state index contributed by atoms with van der Waals surface area (Å²) in [6.07, 6.45) is 1.62. The molecule has 2 aromatic rings. The minimum absolute atomic E-state index is 0.00982. The van der Waals surface area contributed by atoms with E-state index in [0.29, 0.717) is 11.3 Å². The fourth-order valence-corrected chi connectivity index (χ4v) is 2.69. The monoisotopic (exact) mass is 272 g/mol. The van der Waals surface area contributed by atoms with Gasteiger partial charge >= 0.3 is 0 Å². The van der Waals surface area contributed by atoms with Crippen molar-refractivity contribution >= 4 is 17.5 Å². The predicted octanol–water partition coefficient (Wildman–Crippen LogP) is 3.59. The molecule has 0 aliphatic rings. The van der Waals surface area contributed by atoms with E-state index >= 15 is 0 Å². The zero-order valence-electron chi connectivity index (χ0n) is 11.3. The number of aryl methyl sites for hydroxylation is 2. The van der Waals surface area contributed by atoms with Gasteiger partial charge in [-0.15, -0.1) is 11.8 Å². The van der Waals surface area contributed by atoms with Crippen LogP contribution in [-0.4, -0.2) is 15.8 Å². The van der Waals surface area contributed by atoms with Crippen molar-refractivity contribution in [3.63, 3.8) is 0 Å². The first-order valence-electron chi connectivity index (χ1n) is 6.10. The third-order valence-corrected chi connectivity index (χ3v) is 4.03. The number of benzene rings is 1. The molecule has 0 atom stereocenters. The minimum Gasteiger partial charge on any atom is -0.294 e. The molecule has 3 nitrogen and oxygen atoms in total. The van der Waals surface area contributed by atoms with Crippen LogP contribution in [0.25, 0.3) is 0 Å². The lowest BCUT2D eigenvalue weighted by Crippen LogP contribution is -2.03. The van der Waals surface area contributed by atoms with Crippen LogP contribution in [0, 0.1) is 13.8 Å². The summed E-state index contributed by atoms with van der Waals surface area (Å²) in [7, 11) is 0. The van der Waals surface area contributed by atoms with Gasteiger partial charge in [-0.05, 0) is 32.4 Å². The number of carbonyl (C=O) groups excluding carboxylic acids is 1. The molecule has 0 unspecified atom stereocenters. The topological polar surface area (TPSA) is 42.9 Å². The van der Waals surface area contributed by atoms with Gasteiger partial charge in [0.25, 0.3) is 0 Å². The van der Waals surface area contributed by atoms with E-state index in [1.54, 1.807) is 18.0 Å². The van der Waals surface area contributed by atoms with Crippen molar-refractivity contribution in [1.82, 2.24) is 9.97 Å². The van der Waals surface area contributed by atoms with Gasteiger partial charge in [0.05, 0.1) is 17.0 Å². The fourth-order valence-electron chi connectivity index (χ4n) is 1.79. The standard InChI is InChI=1S/C15H16N2OS/c1-10-6-4-5-7-14(10)19-9-15-16-8-13(12(3)18)11(2)17-15/h4-8H,9H2,1-3H3. The van der Waals surface area contributed by atoms with Gasteiger partial charge in [0.15, 0.2) is 5.78 Å². The molecule has 4 heteroatoms.